The van der Waals surface area contributed by atoms with Gasteiger partial charge in [0.15, 0.2) is 5.78 Å². The SMILES string of the molecule is Cc1cc(C(=O)CN2CCN(S(=O)(=O)CCc3ccccc3)CC2)c(C)n1-c1ccc(F)cc1. The van der Waals surface area contributed by atoms with Crippen LogP contribution >= 0.6 is 0 Å². The van der Waals surface area contributed by atoms with Gasteiger partial charge in [0.25, 0.3) is 0 Å². The third kappa shape index (κ3) is 5.46. The maximum atomic E-state index is 13.3. The smallest absolute Gasteiger partial charge is 0.214 e. The molecule has 0 saturated carbocycles. The Hall–Kier alpha value is -2.81. The number of Topliss-reactive ketones (excluding diaryl/α,β-unsaturated/α-hetero) is 1. The summed E-state index contributed by atoms with van der Waals surface area (Å²) in [6.07, 6.45) is 0.492. The normalized spacial score (nSPS) is 15.5. The highest BCUT2D eigenvalue weighted by Crippen LogP contribution is 2.22. The fourth-order valence-corrected chi connectivity index (χ4v) is 5.98. The van der Waals surface area contributed by atoms with E-state index in [1.165, 1.54) is 16.4 Å². The van der Waals surface area contributed by atoms with Crippen molar-refractivity contribution in [3.8, 4) is 5.69 Å². The highest BCUT2D eigenvalue weighted by Gasteiger charge is 2.28. The lowest BCUT2D eigenvalue weighted by molar-refractivity contribution is 0.0901. The largest absolute Gasteiger partial charge is 0.318 e. The molecule has 0 bridgehead atoms. The topological polar surface area (TPSA) is 62.6 Å². The Kier molecular flexibility index (Phi) is 7.30. The Morgan fingerprint density at radius 1 is 0.941 bits per heavy atom. The second-order valence-electron chi connectivity index (χ2n) is 8.75. The van der Waals surface area contributed by atoms with Crippen molar-refractivity contribution in [3.05, 3.63) is 89.0 Å². The zero-order valence-corrected chi connectivity index (χ0v) is 20.4. The predicted octanol–water partition coefficient (Wildman–Crippen LogP) is 3.61. The van der Waals surface area contributed by atoms with Crippen LogP contribution in [0.15, 0.2) is 60.7 Å². The zero-order chi connectivity index (χ0) is 24.3. The molecule has 0 N–H and O–H groups in total. The van der Waals surface area contributed by atoms with Gasteiger partial charge in [0.2, 0.25) is 10.0 Å². The van der Waals surface area contributed by atoms with Gasteiger partial charge >= 0.3 is 0 Å². The molecule has 4 rings (SSSR count). The molecule has 0 amide bonds. The molecule has 0 spiro atoms. The van der Waals surface area contributed by atoms with Crippen molar-refractivity contribution < 1.29 is 17.6 Å². The quantitative estimate of drug-likeness (QED) is 0.460. The third-order valence-corrected chi connectivity index (χ3v) is 8.27. The first-order valence-electron chi connectivity index (χ1n) is 11.5. The monoisotopic (exact) mass is 483 g/mol. The molecular weight excluding hydrogens is 453 g/mol. The number of ketones is 1. The molecule has 0 radical (unpaired) electrons. The molecule has 1 saturated heterocycles. The van der Waals surface area contributed by atoms with E-state index in [9.17, 15) is 17.6 Å². The van der Waals surface area contributed by atoms with Crippen LogP contribution in [0.4, 0.5) is 4.39 Å². The second kappa shape index (κ2) is 10.2. The summed E-state index contributed by atoms with van der Waals surface area (Å²) in [5.41, 5.74) is 4.18. The Morgan fingerprint density at radius 3 is 2.24 bits per heavy atom. The molecule has 0 atom stereocenters. The highest BCUT2D eigenvalue weighted by molar-refractivity contribution is 7.89. The van der Waals surface area contributed by atoms with Crippen molar-refractivity contribution in [1.29, 1.82) is 0 Å². The van der Waals surface area contributed by atoms with Crippen LogP contribution in [0.3, 0.4) is 0 Å². The van der Waals surface area contributed by atoms with Gasteiger partial charge < -0.3 is 4.57 Å². The molecule has 1 aliphatic heterocycles. The molecule has 8 heteroatoms. The standard InChI is InChI=1S/C26H30FN3O3S/c1-20-18-25(21(2)30(20)24-10-8-23(27)9-11-24)26(31)19-28-13-15-29(16-14-28)34(32,33)17-12-22-6-4-3-5-7-22/h3-11,18H,12-17,19H2,1-2H3. The molecule has 2 aromatic carbocycles. The fraction of sp³-hybridized carbons (Fsp3) is 0.346. The molecule has 0 aliphatic carbocycles. The van der Waals surface area contributed by atoms with Gasteiger partial charge in [0.05, 0.1) is 12.3 Å². The number of aryl methyl sites for hydroxylation is 2. The zero-order valence-electron chi connectivity index (χ0n) is 19.6. The van der Waals surface area contributed by atoms with Crippen molar-refractivity contribution in [3.63, 3.8) is 0 Å². The minimum atomic E-state index is -3.34. The van der Waals surface area contributed by atoms with Gasteiger partial charge in [-0.3, -0.25) is 9.69 Å². The molecule has 1 aromatic heterocycles. The fourth-order valence-electron chi connectivity index (χ4n) is 4.51. The Balaban J connectivity index is 1.35. The molecule has 1 aliphatic rings. The lowest BCUT2D eigenvalue weighted by Gasteiger charge is -2.33. The number of hydrogen-bond donors (Lipinski definition) is 0. The van der Waals surface area contributed by atoms with Crippen LogP contribution in [0.2, 0.25) is 0 Å². The number of carbonyl (C=O) groups excluding carboxylic acids is 1. The van der Waals surface area contributed by atoms with Crippen LogP contribution in [0.1, 0.15) is 27.3 Å². The summed E-state index contributed by atoms with van der Waals surface area (Å²) in [5.74, 6) is -0.212. The van der Waals surface area contributed by atoms with E-state index < -0.39 is 10.0 Å². The number of benzene rings is 2. The number of carbonyl (C=O) groups is 1. The van der Waals surface area contributed by atoms with Crippen LogP contribution in [0.25, 0.3) is 5.69 Å². The van der Waals surface area contributed by atoms with Crippen LogP contribution in [-0.4, -0.2) is 66.4 Å². The maximum absolute atomic E-state index is 13.3. The number of nitrogens with zero attached hydrogens (tertiary/aromatic N) is 3. The Morgan fingerprint density at radius 2 is 1.59 bits per heavy atom. The summed E-state index contributed by atoms with van der Waals surface area (Å²) in [4.78, 5) is 15.1. The minimum Gasteiger partial charge on any atom is -0.318 e. The second-order valence-corrected chi connectivity index (χ2v) is 10.8. The third-order valence-electron chi connectivity index (χ3n) is 6.40. The van der Waals surface area contributed by atoms with E-state index in [0.29, 0.717) is 38.2 Å². The first-order chi connectivity index (χ1) is 16.2. The van der Waals surface area contributed by atoms with Crippen LogP contribution in [-0.2, 0) is 16.4 Å². The van der Waals surface area contributed by atoms with Crippen LogP contribution < -0.4 is 0 Å². The van der Waals surface area contributed by atoms with Crippen LogP contribution in [0.5, 0.6) is 0 Å². The summed E-state index contributed by atoms with van der Waals surface area (Å²) < 4.78 is 42.3. The molecule has 2 heterocycles. The molecule has 3 aromatic rings. The van der Waals surface area contributed by atoms with E-state index >= 15 is 0 Å². The van der Waals surface area contributed by atoms with Crippen molar-refractivity contribution in [2.75, 3.05) is 38.5 Å². The summed E-state index contributed by atoms with van der Waals surface area (Å²) in [7, 11) is -3.34. The number of piperazine rings is 1. The first kappa shape index (κ1) is 24.3. The highest BCUT2D eigenvalue weighted by atomic mass is 32.2. The number of aromatic nitrogens is 1. The average molecular weight is 484 g/mol. The van der Waals surface area contributed by atoms with Gasteiger partial charge in [-0.2, -0.15) is 4.31 Å². The van der Waals surface area contributed by atoms with Gasteiger partial charge in [-0.15, -0.1) is 0 Å². The van der Waals surface area contributed by atoms with E-state index in [0.717, 1.165) is 22.6 Å². The van der Waals surface area contributed by atoms with Gasteiger partial charge in [0.1, 0.15) is 5.82 Å². The van der Waals surface area contributed by atoms with Crippen molar-refractivity contribution >= 4 is 15.8 Å². The van der Waals surface area contributed by atoms with E-state index in [4.69, 9.17) is 0 Å². The number of hydrogen-bond acceptors (Lipinski definition) is 4. The molecule has 1 fully saturated rings. The molecular formula is C26H30FN3O3S. The van der Waals surface area contributed by atoms with E-state index in [1.54, 1.807) is 12.1 Å². The lowest BCUT2D eigenvalue weighted by atomic mass is 10.1. The van der Waals surface area contributed by atoms with Crippen LogP contribution in [0, 0.1) is 19.7 Å². The molecule has 180 valence electrons. The van der Waals surface area contributed by atoms with Gasteiger partial charge in [0, 0.05) is 48.8 Å². The Labute approximate surface area is 200 Å². The van der Waals surface area contributed by atoms with Gasteiger partial charge in [-0.25, -0.2) is 12.8 Å². The number of halogens is 1. The van der Waals surface area contributed by atoms with Gasteiger partial charge in [-0.05, 0) is 56.2 Å². The van der Waals surface area contributed by atoms with Crippen molar-refractivity contribution in [2.24, 2.45) is 0 Å². The molecule has 0 unspecified atom stereocenters. The summed E-state index contributed by atoms with van der Waals surface area (Å²) in [6.45, 7) is 5.87. The summed E-state index contributed by atoms with van der Waals surface area (Å²) in [5, 5.41) is 0. The molecule has 34 heavy (non-hydrogen) atoms. The van der Waals surface area contributed by atoms with Crippen molar-refractivity contribution in [1.82, 2.24) is 13.8 Å². The predicted molar refractivity (Wildman–Crippen MR) is 131 cm³/mol. The summed E-state index contributed by atoms with van der Waals surface area (Å²) >= 11 is 0. The number of sulfonamides is 1. The van der Waals surface area contributed by atoms with Crippen molar-refractivity contribution in [2.45, 2.75) is 20.3 Å². The Bertz CT molecular complexity index is 1250. The summed E-state index contributed by atoms with van der Waals surface area (Å²) in [6, 6.07) is 17.7. The molecule has 6 nitrogen and oxygen atoms in total. The number of rotatable bonds is 8. The maximum Gasteiger partial charge on any atom is 0.214 e. The van der Waals surface area contributed by atoms with Gasteiger partial charge in [-0.1, -0.05) is 30.3 Å². The van der Waals surface area contributed by atoms with E-state index in [2.05, 4.69) is 0 Å². The average Bonchev–Trinajstić information content (AvgIpc) is 3.13. The van der Waals surface area contributed by atoms with E-state index in [1.807, 2.05) is 59.7 Å². The lowest BCUT2D eigenvalue weighted by Crippen LogP contribution is -2.50. The van der Waals surface area contributed by atoms with E-state index in [-0.39, 0.29) is 23.9 Å². The first-order valence-corrected chi connectivity index (χ1v) is 13.1. The minimum absolute atomic E-state index is 0.00171.